The first-order chi connectivity index (χ1) is 13.9. The summed E-state index contributed by atoms with van der Waals surface area (Å²) in [5, 5.41) is 3.60. The zero-order valence-corrected chi connectivity index (χ0v) is 17.5. The SMILES string of the molecule is Cc1cc(C)cc(OCc2ccc(C(=O)NNC(=S)Nc3ccccc3Cl)o2)c1. The zero-order chi connectivity index (χ0) is 20.8. The van der Waals surface area contributed by atoms with E-state index >= 15 is 0 Å². The number of hydrazine groups is 1. The van der Waals surface area contributed by atoms with Crippen molar-refractivity contribution >= 4 is 40.5 Å². The normalized spacial score (nSPS) is 10.3. The Hall–Kier alpha value is -3.03. The molecule has 0 aliphatic carbocycles. The third-order valence-electron chi connectivity index (χ3n) is 3.87. The first-order valence-corrected chi connectivity index (χ1v) is 9.61. The topological polar surface area (TPSA) is 75.5 Å². The van der Waals surface area contributed by atoms with Gasteiger partial charge in [-0.05, 0) is 73.6 Å². The number of anilines is 1. The number of rotatable bonds is 5. The standard InChI is InChI=1S/C21H20ClN3O3S/c1-13-9-14(2)11-16(10-13)27-12-15-7-8-19(28-15)20(26)24-25-21(29)23-18-6-4-3-5-17(18)22/h3-11H,12H2,1-2H3,(H,24,26)(H2,23,25,29). The van der Waals surface area contributed by atoms with Gasteiger partial charge >= 0.3 is 5.91 Å². The van der Waals surface area contributed by atoms with Crippen molar-refractivity contribution in [3.8, 4) is 5.75 Å². The van der Waals surface area contributed by atoms with E-state index in [2.05, 4.69) is 22.2 Å². The van der Waals surface area contributed by atoms with Crippen molar-refractivity contribution in [3.05, 3.63) is 82.3 Å². The molecule has 0 bridgehead atoms. The minimum absolute atomic E-state index is 0.136. The summed E-state index contributed by atoms with van der Waals surface area (Å²) in [6, 6.07) is 16.4. The lowest BCUT2D eigenvalue weighted by Crippen LogP contribution is -2.43. The second-order valence-corrected chi connectivity index (χ2v) is 7.21. The largest absolute Gasteiger partial charge is 0.486 e. The Bertz CT molecular complexity index is 1020. The van der Waals surface area contributed by atoms with Crippen molar-refractivity contribution in [2.45, 2.75) is 20.5 Å². The van der Waals surface area contributed by atoms with Gasteiger partial charge in [-0.25, -0.2) is 0 Å². The molecular formula is C21H20ClN3O3S. The van der Waals surface area contributed by atoms with Gasteiger partial charge in [-0.15, -0.1) is 0 Å². The number of thiocarbonyl (C=S) groups is 1. The van der Waals surface area contributed by atoms with E-state index in [0.29, 0.717) is 16.5 Å². The van der Waals surface area contributed by atoms with E-state index in [4.69, 9.17) is 33.0 Å². The van der Waals surface area contributed by atoms with Crippen LogP contribution in [-0.4, -0.2) is 11.0 Å². The van der Waals surface area contributed by atoms with Crippen LogP contribution in [0.15, 0.2) is 59.0 Å². The third kappa shape index (κ3) is 5.97. The van der Waals surface area contributed by atoms with Crippen LogP contribution in [0.1, 0.15) is 27.4 Å². The smallest absolute Gasteiger partial charge is 0.305 e. The van der Waals surface area contributed by atoms with Gasteiger partial charge in [0.2, 0.25) is 0 Å². The lowest BCUT2D eigenvalue weighted by molar-refractivity contribution is 0.0912. The summed E-state index contributed by atoms with van der Waals surface area (Å²) >= 11 is 11.2. The molecule has 3 N–H and O–H groups in total. The highest BCUT2D eigenvalue weighted by molar-refractivity contribution is 7.80. The zero-order valence-electron chi connectivity index (χ0n) is 15.9. The van der Waals surface area contributed by atoms with Gasteiger partial charge in [-0.2, -0.15) is 0 Å². The maximum atomic E-state index is 12.2. The fraction of sp³-hybridized carbons (Fsp3) is 0.143. The van der Waals surface area contributed by atoms with Gasteiger partial charge in [0.25, 0.3) is 0 Å². The first-order valence-electron chi connectivity index (χ1n) is 8.82. The molecule has 0 aliphatic rings. The van der Waals surface area contributed by atoms with Crippen LogP contribution in [0, 0.1) is 13.8 Å². The molecule has 0 fully saturated rings. The number of aryl methyl sites for hydroxylation is 2. The van der Waals surface area contributed by atoms with Crippen LogP contribution >= 0.6 is 23.8 Å². The van der Waals surface area contributed by atoms with E-state index in [-0.39, 0.29) is 17.5 Å². The van der Waals surface area contributed by atoms with Crippen molar-refractivity contribution in [1.82, 2.24) is 10.9 Å². The first kappa shape index (κ1) is 20.7. The average molecular weight is 430 g/mol. The summed E-state index contributed by atoms with van der Waals surface area (Å²) in [5.41, 5.74) is 7.94. The summed E-state index contributed by atoms with van der Waals surface area (Å²) in [6.07, 6.45) is 0. The van der Waals surface area contributed by atoms with E-state index in [1.807, 2.05) is 38.1 Å². The quantitative estimate of drug-likeness (QED) is 0.401. The second kappa shape index (κ2) is 9.45. The number of hydrogen-bond donors (Lipinski definition) is 3. The summed E-state index contributed by atoms with van der Waals surface area (Å²) in [4.78, 5) is 12.2. The van der Waals surface area contributed by atoms with Crippen LogP contribution in [0.25, 0.3) is 0 Å². The number of nitrogens with one attached hydrogen (secondary N) is 3. The van der Waals surface area contributed by atoms with Crippen LogP contribution in [0.2, 0.25) is 5.02 Å². The molecule has 0 radical (unpaired) electrons. The summed E-state index contributed by atoms with van der Waals surface area (Å²) in [6.45, 7) is 4.23. The fourth-order valence-electron chi connectivity index (χ4n) is 2.64. The lowest BCUT2D eigenvalue weighted by atomic mass is 10.1. The predicted octanol–water partition coefficient (Wildman–Crippen LogP) is 4.76. The highest BCUT2D eigenvalue weighted by Crippen LogP contribution is 2.20. The maximum Gasteiger partial charge on any atom is 0.305 e. The van der Waals surface area contributed by atoms with Gasteiger partial charge in [0.1, 0.15) is 18.1 Å². The Labute approximate surface area is 179 Å². The third-order valence-corrected chi connectivity index (χ3v) is 4.41. The minimum Gasteiger partial charge on any atom is -0.486 e. The van der Waals surface area contributed by atoms with Crippen LogP contribution in [0.3, 0.4) is 0 Å². The summed E-state index contributed by atoms with van der Waals surface area (Å²) < 4.78 is 11.3. The Morgan fingerprint density at radius 1 is 1.07 bits per heavy atom. The van der Waals surface area contributed by atoms with Crippen molar-refractivity contribution in [1.29, 1.82) is 0 Å². The predicted molar refractivity (Wildman–Crippen MR) is 117 cm³/mol. The highest BCUT2D eigenvalue weighted by atomic mass is 35.5. The molecule has 3 rings (SSSR count). The molecule has 2 aromatic carbocycles. The number of furan rings is 1. The number of halogens is 1. The van der Waals surface area contributed by atoms with E-state index in [1.165, 1.54) is 0 Å². The van der Waals surface area contributed by atoms with Gasteiger partial charge in [-0.1, -0.05) is 29.8 Å². The monoisotopic (exact) mass is 429 g/mol. The second-order valence-electron chi connectivity index (χ2n) is 6.39. The van der Waals surface area contributed by atoms with Crippen LogP contribution < -0.4 is 20.9 Å². The number of carbonyl (C=O) groups excluding carboxylic acids is 1. The fourth-order valence-corrected chi connectivity index (χ4v) is 2.98. The molecule has 0 aliphatic heterocycles. The van der Waals surface area contributed by atoms with E-state index < -0.39 is 5.91 Å². The van der Waals surface area contributed by atoms with E-state index in [0.717, 1.165) is 16.9 Å². The Morgan fingerprint density at radius 3 is 2.52 bits per heavy atom. The van der Waals surface area contributed by atoms with Crippen LogP contribution in [-0.2, 0) is 6.61 Å². The van der Waals surface area contributed by atoms with Crippen LogP contribution in [0.5, 0.6) is 5.75 Å². The van der Waals surface area contributed by atoms with Crippen LogP contribution in [0.4, 0.5) is 5.69 Å². The Balaban J connectivity index is 1.50. The molecule has 0 saturated carbocycles. The van der Waals surface area contributed by atoms with Crippen molar-refractivity contribution in [2.24, 2.45) is 0 Å². The number of para-hydroxylation sites is 1. The molecule has 0 saturated heterocycles. The molecular weight excluding hydrogens is 410 g/mol. The molecule has 29 heavy (non-hydrogen) atoms. The summed E-state index contributed by atoms with van der Waals surface area (Å²) in [7, 11) is 0. The highest BCUT2D eigenvalue weighted by Gasteiger charge is 2.12. The number of ether oxygens (including phenoxy) is 1. The molecule has 1 amide bonds. The van der Waals surface area contributed by atoms with Crippen molar-refractivity contribution in [3.63, 3.8) is 0 Å². The number of amides is 1. The molecule has 150 valence electrons. The van der Waals surface area contributed by atoms with Crippen molar-refractivity contribution < 1.29 is 13.9 Å². The molecule has 8 heteroatoms. The average Bonchev–Trinajstić information content (AvgIpc) is 3.15. The minimum atomic E-state index is -0.467. The number of benzene rings is 2. The maximum absolute atomic E-state index is 12.2. The molecule has 0 spiro atoms. The molecule has 0 atom stereocenters. The number of carbonyl (C=O) groups is 1. The molecule has 3 aromatic rings. The molecule has 1 aromatic heterocycles. The van der Waals surface area contributed by atoms with Gasteiger partial charge in [0, 0.05) is 0 Å². The van der Waals surface area contributed by atoms with Crippen molar-refractivity contribution in [2.75, 3.05) is 5.32 Å². The Morgan fingerprint density at radius 2 is 1.79 bits per heavy atom. The lowest BCUT2D eigenvalue weighted by Gasteiger charge is -2.11. The van der Waals surface area contributed by atoms with E-state index in [1.54, 1.807) is 24.3 Å². The van der Waals surface area contributed by atoms with Gasteiger partial charge in [0.05, 0.1) is 10.7 Å². The molecule has 1 heterocycles. The van der Waals surface area contributed by atoms with Gasteiger partial charge < -0.3 is 14.5 Å². The number of hydrogen-bond acceptors (Lipinski definition) is 4. The summed E-state index contributed by atoms with van der Waals surface area (Å²) in [5.74, 6) is 0.955. The van der Waals surface area contributed by atoms with E-state index in [9.17, 15) is 4.79 Å². The molecule has 0 unspecified atom stereocenters. The van der Waals surface area contributed by atoms with Gasteiger partial charge in [0.15, 0.2) is 10.9 Å². The van der Waals surface area contributed by atoms with Gasteiger partial charge in [-0.3, -0.25) is 15.6 Å². The Kier molecular flexibility index (Phi) is 6.74. The molecule has 6 nitrogen and oxygen atoms in total.